The van der Waals surface area contributed by atoms with E-state index in [0.29, 0.717) is 23.6 Å². The van der Waals surface area contributed by atoms with Crippen molar-refractivity contribution in [2.24, 2.45) is 5.10 Å². The molecule has 0 fully saturated rings. The molecule has 1 aliphatic rings. The number of urea groups is 1. The predicted octanol–water partition coefficient (Wildman–Crippen LogP) is 4.72. The van der Waals surface area contributed by atoms with Crippen LogP contribution in [0, 0.1) is 0 Å². The fourth-order valence-corrected chi connectivity index (χ4v) is 4.17. The molecule has 0 radical (unpaired) electrons. The lowest BCUT2D eigenvalue weighted by molar-refractivity contribution is 0.184. The molecule has 1 aliphatic heterocycles. The Morgan fingerprint density at radius 2 is 1.59 bits per heavy atom. The number of hydrogen-bond donors (Lipinski definition) is 1. The van der Waals surface area contributed by atoms with Crippen molar-refractivity contribution in [1.29, 1.82) is 0 Å². The number of benzene rings is 3. The Morgan fingerprint density at radius 1 is 0.912 bits per heavy atom. The molecule has 3 aromatic carbocycles. The Bertz CT molecular complexity index is 1220. The van der Waals surface area contributed by atoms with Crippen LogP contribution in [0.5, 0.6) is 17.2 Å². The van der Waals surface area contributed by atoms with Gasteiger partial charge in [-0.3, -0.25) is 0 Å². The smallest absolute Gasteiger partial charge is 0.337 e. The van der Waals surface area contributed by atoms with Gasteiger partial charge in [0.05, 0.1) is 33.1 Å². The summed E-state index contributed by atoms with van der Waals surface area (Å²) in [4.78, 5) is 12.7. The van der Waals surface area contributed by atoms with Crippen LogP contribution in [0.3, 0.4) is 0 Å². The van der Waals surface area contributed by atoms with Gasteiger partial charge in [-0.2, -0.15) is 5.10 Å². The molecular formula is C27H29N3O4. The van der Waals surface area contributed by atoms with Gasteiger partial charge in [-0.1, -0.05) is 36.4 Å². The Balaban J connectivity index is 1.84. The number of rotatable bonds is 5. The summed E-state index contributed by atoms with van der Waals surface area (Å²) in [6.07, 6.45) is 0.623. The first kappa shape index (κ1) is 23.2. The van der Waals surface area contributed by atoms with E-state index in [4.69, 9.17) is 19.3 Å². The van der Waals surface area contributed by atoms with E-state index in [0.717, 1.165) is 33.6 Å². The van der Waals surface area contributed by atoms with Gasteiger partial charge < -0.3 is 19.5 Å². The lowest BCUT2D eigenvalue weighted by atomic mass is 9.93. The van der Waals surface area contributed by atoms with Crippen molar-refractivity contribution >= 4 is 11.7 Å². The zero-order chi connectivity index (χ0) is 24.2. The monoisotopic (exact) mass is 459 g/mol. The normalized spacial score (nSPS) is 15.0. The van der Waals surface area contributed by atoms with Crippen LogP contribution >= 0.6 is 0 Å². The molecular weight excluding hydrogens is 430 g/mol. The molecule has 0 saturated heterocycles. The second-order valence-corrected chi connectivity index (χ2v) is 8.08. The number of carbonyl (C=O) groups is 1. The van der Waals surface area contributed by atoms with Gasteiger partial charge in [0.25, 0.3) is 0 Å². The van der Waals surface area contributed by atoms with Gasteiger partial charge in [0.1, 0.15) is 5.75 Å². The molecule has 1 atom stereocenters. The Labute approximate surface area is 200 Å². The van der Waals surface area contributed by atoms with Crippen molar-refractivity contribution in [3.63, 3.8) is 0 Å². The average molecular weight is 460 g/mol. The summed E-state index contributed by atoms with van der Waals surface area (Å²) in [5, 5.41) is 9.02. The fourth-order valence-electron chi connectivity index (χ4n) is 4.17. The number of fused-ring (bicyclic) bond motifs is 1. The number of ether oxygens (including phenoxy) is 3. The van der Waals surface area contributed by atoms with Gasteiger partial charge in [-0.25, -0.2) is 9.80 Å². The molecule has 0 aliphatic carbocycles. The third-order valence-electron chi connectivity index (χ3n) is 5.99. The summed E-state index contributed by atoms with van der Waals surface area (Å²) >= 11 is 0. The zero-order valence-corrected chi connectivity index (χ0v) is 20.1. The van der Waals surface area contributed by atoms with Crippen LogP contribution in [0.25, 0.3) is 11.1 Å². The Kier molecular flexibility index (Phi) is 6.72. The first-order valence-corrected chi connectivity index (χ1v) is 11.1. The number of carbonyl (C=O) groups excluding carboxylic acids is 1. The number of methoxy groups -OCH3 is 3. The van der Waals surface area contributed by atoms with Gasteiger partial charge in [-0.15, -0.1) is 0 Å². The molecule has 0 spiro atoms. The molecule has 2 amide bonds. The molecule has 34 heavy (non-hydrogen) atoms. The van der Waals surface area contributed by atoms with E-state index < -0.39 is 0 Å². The van der Waals surface area contributed by atoms with E-state index in [2.05, 4.69) is 5.32 Å². The highest BCUT2D eigenvalue weighted by atomic mass is 16.5. The maximum absolute atomic E-state index is 12.7. The van der Waals surface area contributed by atoms with E-state index in [-0.39, 0.29) is 12.1 Å². The summed E-state index contributed by atoms with van der Waals surface area (Å²) in [6, 6.07) is 19.6. The van der Waals surface area contributed by atoms with Crippen molar-refractivity contribution in [1.82, 2.24) is 10.3 Å². The molecule has 0 saturated carbocycles. The van der Waals surface area contributed by atoms with E-state index in [1.54, 1.807) is 28.4 Å². The van der Waals surface area contributed by atoms with Crippen LogP contribution in [-0.2, 0) is 6.42 Å². The van der Waals surface area contributed by atoms with Gasteiger partial charge in [-0.05, 0) is 54.3 Å². The molecule has 3 aromatic rings. The minimum atomic E-state index is -0.260. The van der Waals surface area contributed by atoms with Crippen molar-refractivity contribution in [3.8, 4) is 28.4 Å². The van der Waals surface area contributed by atoms with E-state index in [1.165, 1.54) is 5.01 Å². The maximum Gasteiger partial charge on any atom is 0.337 e. The Hall–Kier alpha value is -4.00. The molecule has 1 N–H and O–H groups in total. The van der Waals surface area contributed by atoms with Crippen LogP contribution in [0.4, 0.5) is 4.79 Å². The van der Waals surface area contributed by atoms with E-state index >= 15 is 0 Å². The van der Waals surface area contributed by atoms with Gasteiger partial charge >= 0.3 is 6.03 Å². The minimum absolute atomic E-state index is 0.148. The fraction of sp³-hybridized carbons (Fsp3) is 0.259. The van der Waals surface area contributed by atoms with Gasteiger partial charge in [0, 0.05) is 18.2 Å². The molecule has 7 nitrogen and oxygen atoms in total. The highest BCUT2D eigenvalue weighted by Gasteiger charge is 2.28. The van der Waals surface area contributed by atoms with E-state index in [1.807, 2.05) is 67.6 Å². The second-order valence-electron chi connectivity index (χ2n) is 8.08. The van der Waals surface area contributed by atoms with E-state index in [9.17, 15) is 4.79 Å². The molecule has 1 unspecified atom stereocenters. The largest absolute Gasteiger partial charge is 0.497 e. The predicted molar refractivity (Wildman–Crippen MR) is 133 cm³/mol. The Morgan fingerprint density at radius 3 is 2.24 bits per heavy atom. The number of nitrogens with zero attached hydrogens (tertiary/aromatic N) is 2. The molecule has 4 rings (SSSR count). The number of hydrogen-bond acceptors (Lipinski definition) is 5. The van der Waals surface area contributed by atoms with Crippen LogP contribution < -0.4 is 19.5 Å². The highest BCUT2D eigenvalue weighted by molar-refractivity contribution is 6.14. The highest BCUT2D eigenvalue weighted by Crippen LogP contribution is 2.35. The molecule has 1 heterocycles. The molecule has 176 valence electrons. The summed E-state index contributed by atoms with van der Waals surface area (Å²) in [7, 11) is 6.50. The molecule has 0 aromatic heterocycles. The lowest BCUT2D eigenvalue weighted by Crippen LogP contribution is -2.41. The number of amides is 2. The van der Waals surface area contributed by atoms with Gasteiger partial charge in [0.2, 0.25) is 0 Å². The third kappa shape index (κ3) is 4.41. The number of hydrazone groups is 1. The third-order valence-corrected chi connectivity index (χ3v) is 5.99. The lowest BCUT2D eigenvalue weighted by Gasteiger charge is -2.22. The number of nitrogens with one attached hydrogen (secondary N) is 1. The quantitative estimate of drug-likeness (QED) is 0.599. The van der Waals surface area contributed by atoms with Crippen LogP contribution in [0.2, 0.25) is 0 Å². The van der Waals surface area contributed by atoms with Crippen molar-refractivity contribution in [2.45, 2.75) is 19.4 Å². The first-order chi connectivity index (χ1) is 16.5. The zero-order valence-electron chi connectivity index (χ0n) is 20.1. The topological polar surface area (TPSA) is 72.4 Å². The maximum atomic E-state index is 12.7. The summed E-state index contributed by atoms with van der Waals surface area (Å²) in [5.41, 5.74) is 5.64. The minimum Gasteiger partial charge on any atom is -0.497 e. The summed E-state index contributed by atoms with van der Waals surface area (Å²) in [6.45, 7) is 1.98. The standard InChI is InChI=1S/C27H29N3O4/c1-17-13-21-15-24(33-4)25(34-5)16-23(21)26(29-30(17)27(31)28-2)19-11-9-18(10-12-19)20-7-6-8-22(14-20)32-3/h6-12,14-17H,13H2,1-5H3,(H,28,31). The van der Waals surface area contributed by atoms with Crippen LogP contribution in [0.15, 0.2) is 65.8 Å². The molecule has 0 bridgehead atoms. The first-order valence-electron chi connectivity index (χ1n) is 11.1. The summed E-state index contributed by atoms with van der Waals surface area (Å²) < 4.78 is 16.5. The van der Waals surface area contributed by atoms with Crippen molar-refractivity contribution in [3.05, 3.63) is 77.4 Å². The summed E-state index contributed by atoms with van der Waals surface area (Å²) in [5.74, 6) is 2.07. The van der Waals surface area contributed by atoms with Crippen LogP contribution in [0.1, 0.15) is 23.6 Å². The van der Waals surface area contributed by atoms with Gasteiger partial charge in [0.15, 0.2) is 11.5 Å². The SMILES string of the molecule is CNC(=O)N1N=C(c2ccc(-c3cccc(OC)c3)cc2)c2cc(OC)c(OC)cc2CC1C. The van der Waals surface area contributed by atoms with Crippen molar-refractivity contribution in [2.75, 3.05) is 28.4 Å². The molecule has 7 heteroatoms. The van der Waals surface area contributed by atoms with Crippen molar-refractivity contribution < 1.29 is 19.0 Å². The average Bonchev–Trinajstić information content (AvgIpc) is 3.02. The second kappa shape index (κ2) is 9.87. The van der Waals surface area contributed by atoms with Crippen LogP contribution in [-0.4, -0.2) is 51.2 Å².